The Morgan fingerprint density at radius 3 is 1.20 bits per heavy atom. The van der Waals surface area contributed by atoms with Gasteiger partial charge in [0.05, 0.1) is 9.75 Å². The van der Waals surface area contributed by atoms with E-state index in [1.54, 1.807) is 0 Å². The molecule has 0 amide bonds. The second-order valence-corrected chi connectivity index (χ2v) is 21.2. The van der Waals surface area contributed by atoms with Crippen LogP contribution in [0.5, 0.6) is 0 Å². The zero-order valence-electron chi connectivity index (χ0n) is 32.9. The van der Waals surface area contributed by atoms with Crippen molar-refractivity contribution in [2.45, 2.75) is 91.9 Å². The van der Waals surface area contributed by atoms with Gasteiger partial charge in [-0.05, 0) is 121 Å². The predicted molar refractivity (Wildman–Crippen MR) is 257 cm³/mol. The van der Waals surface area contributed by atoms with Crippen molar-refractivity contribution >= 4 is 68.0 Å². The molecule has 0 atom stereocenters. The molecule has 286 valence electrons. The number of aryl methyl sites for hydroxylation is 4. The van der Waals surface area contributed by atoms with Crippen LogP contribution in [0.3, 0.4) is 0 Å². The van der Waals surface area contributed by atoms with Crippen LogP contribution in [0.25, 0.3) is 71.0 Å². The zero-order valence-corrected chi connectivity index (χ0v) is 37.8. The van der Waals surface area contributed by atoms with Gasteiger partial charge in [-0.3, -0.25) is 0 Å². The van der Waals surface area contributed by atoms with Crippen LogP contribution in [0.4, 0.5) is 0 Å². The van der Waals surface area contributed by atoms with Crippen molar-refractivity contribution < 1.29 is 0 Å². The molecular weight excluding hydrogens is 793 g/mol. The van der Waals surface area contributed by atoms with E-state index >= 15 is 0 Å². The van der Waals surface area contributed by atoms with Gasteiger partial charge in [0.25, 0.3) is 0 Å². The average molecular weight is 843 g/mol. The summed E-state index contributed by atoms with van der Waals surface area (Å²) in [4.78, 5) is 16.7. The van der Waals surface area contributed by atoms with Crippen LogP contribution >= 0.6 is 68.0 Å². The normalized spacial score (nSPS) is 11.6. The van der Waals surface area contributed by atoms with Crippen LogP contribution in [0.1, 0.15) is 87.1 Å². The first-order valence-electron chi connectivity index (χ1n) is 20.4. The molecule has 0 unspecified atom stereocenters. The maximum atomic E-state index is 2.48. The smallest absolute Gasteiger partial charge is 0.0528 e. The molecule has 6 heterocycles. The summed E-state index contributed by atoms with van der Waals surface area (Å²) in [5, 5.41) is 0. The van der Waals surface area contributed by atoms with Gasteiger partial charge in [-0.2, -0.15) is 0 Å². The lowest BCUT2D eigenvalue weighted by atomic mass is 10.0. The lowest BCUT2D eigenvalue weighted by Crippen LogP contribution is -1.81. The number of unbranched alkanes of at least 4 members (excludes halogenated alkanes) is 4. The summed E-state index contributed by atoms with van der Waals surface area (Å²) in [6.45, 7) is 9.04. The summed E-state index contributed by atoms with van der Waals surface area (Å²) in [6, 6.07) is 42.3. The molecule has 0 aliphatic carbocycles. The fourth-order valence-electron chi connectivity index (χ4n) is 7.21. The monoisotopic (exact) mass is 842 g/mol. The highest BCUT2D eigenvalue weighted by Gasteiger charge is 2.22. The Morgan fingerprint density at radius 2 is 0.750 bits per heavy atom. The third kappa shape index (κ3) is 8.87. The first kappa shape index (κ1) is 39.5. The van der Waals surface area contributed by atoms with Crippen LogP contribution in [0, 0.1) is 0 Å². The molecular formula is C50H50S6. The second kappa shape index (κ2) is 18.5. The van der Waals surface area contributed by atoms with Gasteiger partial charge in [-0.1, -0.05) is 102 Å². The van der Waals surface area contributed by atoms with E-state index in [4.69, 9.17) is 0 Å². The van der Waals surface area contributed by atoms with Gasteiger partial charge in [0.15, 0.2) is 0 Å². The fraction of sp³-hybridized carbons (Fsp3) is 0.280. The van der Waals surface area contributed by atoms with Crippen LogP contribution in [0.15, 0.2) is 109 Å². The van der Waals surface area contributed by atoms with E-state index in [9.17, 15) is 0 Å². The predicted octanol–water partition coefficient (Wildman–Crippen LogP) is 18.3. The second-order valence-electron chi connectivity index (χ2n) is 14.6. The van der Waals surface area contributed by atoms with Crippen molar-refractivity contribution in [3.05, 3.63) is 130 Å². The SMILES string of the molecule is CCCCCCc1ccc(-c2ccc(-c3sc(-c4cc(-c5ccc(CC)cc5)c(-c5ccc(-c6ccc(CCCC)s6)s5)s4)cc3-c3ccc(CC)cc3)s2)s1. The van der Waals surface area contributed by atoms with E-state index in [-0.39, 0.29) is 0 Å². The maximum Gasteiger partial charge on any atom is 0.0528 e. The molecule has 8 rings (SSSR count). The van der Waals surface area contributed by atoms with Crippen LogP contribution < -0.4 is 0 Å². The van der Waals surface area contributed by atoms with Crippen LogP contribution in [0.2, 0.25) is 0 Å². The lowest BCUT2D eigenvalue weighted by molar-refractivity contribution is 0.670. The van der Waals surface area contributed by atoms with Gasteiger partial charge in [-0.25, -0.2) is 0 Å². The molecule has 0 aliphatic heterocycles. The third-order valence-electron chi connectivity index (χ3n) is 10.6. The van der Waals surface area contributed by atoms with Crippen molar-refractivity contribution in [1.82, 2.24) is 0 Å². The van der Waals surface area contributed by atoms with E-state index < -0.39 is 0 Å². The van der Waals surface area contributed by atoms with Crippen molar-refractivity contribution in [3.63, 3.8) is 0 Å². The highest BCUT2D eigenvalue weighted by atomic mass is 32.1. The Hall–Kier alpha value is -3.36. The first-order valence-corrected chi connectivity index (χ1v) is 25.3. The Labute approximate surface area is 358 Å². The molecule has 6 heteroatoms. The van der Waals surface area contributed by atoms with Crippen molar-refractivity contribution in [1.29, 1.82) is 0 Å². The van der Waals surface area contributed by atoms with E-state index in [1.807, 2.05) is 68.0 Å². The van der Waals surface area contributed by atoms with Gasteiger partial charge >= 0.3 is 0 Å². The molecule has 6 aromatic heterocycles. The summed E-state index contributed by atoms with van der Waals surface area (Å²) in [5.41, 5.74) is 8.02. The number of benzene rings is 2. The molecule has 0 aliphatic rings. The minimum atomic E-state index is 1.05. The molecule has 0 bridgehead atoms. The van der Waals surface area contributed by atoms with Gasteiger partial charge in [0, 0.05) is 59.9 Å². The summed E-state index contributed by atoms with van der Waals surface area (Å²) in [6.07, 6.45) is 12.2. The largest absolute Gasteiger partial charge is 0.139 e. The van der Waals surface area contributed by atoms with Crippen LogP contribution in [-0.2, 0) is 25.7 Å². The van der Waals surface area contributed by atoms with E-state index in [0.717, 1.165) is 12.8 Å². The maximum absolute atomic E-state index is 2.48. The molecule has 2 aromatic carbocycles. The summed E-state index contributed by atoms with van der Waals surface area (Å²) >= 11 is 11.8. The molecule has 0 N–H and O–H groups in total. The third-order valence-corrected chi connectivity index (χ3v) is 18.3. The molecule has 0 fully saturated rings. The quantitative estimate of drug-likeness (QED) is 0.0801. The summed E-state index contributed by atoms with van der Waals surface area (Å²) in [7, 11) is 0. The molecule has 0 radical (unpaired) electrons. The molecule has 8 aromatic rings. The zero-order chi connectivity index (χ0) is 38.4. The van der Waals surface area contributed by atoms with E-state index in [2.05, 4.69) is 137 Å². The number of thiophene rings is 6. The van der Waals surface area contributed by atoms with Crippen molar-refractivity contribution in [3.8, 4) is 71.0 Å². The summed E-state index contributed by atoms with van der Waals surface area (Å²) < 4.78 is 0. The number of hydrogen-bond donors (Lipinski definition) is 0. The Bertz CT molecular complexity index is 2470. The van der Waals surface area contributed by atoms with E-state index in [1.165, 1.54) is 143 Å². The van der Waals surface area contributed by atoms with Gasteiger partial charge in [0.1, 0.15) is 0 Å². The van der Waals surface area contributed by atoms with Gasteiger partial charge < -0.3 is 0 Å². The average Bonchev–Trinajstić information content (AvgIpc) is 4.09. The Balaban J connectivity index is 1.18. The Morgan fingerprint density at radius 1 is 0.339 bits per heavy atom. The minimum Gasteiger partial charge on any atom is -0.139 e. The van der Waals surface area contributed by atoms with Gasteiger partial charge in [0.2, 0.25) is 0 Å². The highest BCUT2D eigenvalue weighted by Crippen LogP contribution is 2.52. The number of hydrogen-bond acceptors (Lipinski definition) is 6. The highest BCUT2D eigenvalue weighted by molar-refractivity contribution is 7.31. The van der Waals surface area contributed by atoms with Crippen molar-refractivity contribution in [2.75, 3.05) is 0 Å². The van der Waals surface area contributed by atoms with Crippen LogP contribution in [-0.4, -0.2) is 0 Å². The molecule has 0 nitrogen and oxygen atoms in total. The van der Waals surface area contributed by atoms with E-state index in [0.29, 0.717) is 0 Å². The van der Waals surface area contributed by atoms with Crippen molar-refractivity contribution in [2.24, 2.45) is 0 Å². The fourth-order valence-corrected chi connectivity index (χ4v) is 14.2. The topological polar surface area (TPSA) is 0 Å². The first-order chi connectivity index (χ1) is 27.5. The standard InChI is InChI=1S/C50H50S6/c1-5-9-11-12-14-38-24-26-42(52-38)44-28-30-46(54-44)50-40(36-21-17-34(8-4)18-22-36)32-48(56-50)47-31-39(35-19-15-33(7-3)16-20-35)49(55-47)45-29-27-43(53-45)41-25-23-37(51-41)13-10-6-2/h15-32H,5-14H2,1-4H3. The molecule has 0 saturated heterocycles. The number of rotatable bonds is 17. The molecule has 0 saturated carbocycles. The summed E-state index contributed by atoms with van der Waals surface area (Å²) in [5.74, 6) is 0. The molecule has 56 heavy (non-hydrogen) atoms. The minimum absolute atomic E-state index is 1.05. The molecule has 0 spiro atoms. The lowest BCUT2D eigenvalue weighted by Gasteiger charge is -2.04. The van der Waals surface area contributed by atoms with Gasteiger partial charge in [-0.15, -0.1) is 68.0 Å². The Kier molecular flexibility index (Phi) is 13.0.